The first-order chi connectivity index (χ1) is 8.02. The molecule has 2 atom stereocenters. The summed E-state index contributed by atoms with van der Waals surface area (Å²) in [7, 11) is 0. The molecule has 1 rings (SSSR count). The summed E-state index contributed by atoms with van der Waals surface area (Å²) >= 11 is 6.23. The third-order valence-corrected chi connectivity index (χ3v) is 3.35. The van der Waals surface area contributed by atoms with Crippen LogP contribution in [0.3, 0.4) is 0 Å². The van der Waals surface area contributed by atoms with Crippen LogP contribution in [0.25, 0.3) is 0 Å². The summed E-state index contributed by atoms with van der Waals surface area (Å²) in [4.78, 5) is 0. The lowest BCUT2D eigenvalue weighted by Gasteiger charge is -2.25. The van der Waals surface area contributed by atoms with Gasteiger partial charge in [0.2, 0.25) is 0 Å². The van der Waals surface area contributed by atoms with Crippen molar-refractivity contribution in [2.24, 2.45) is 11.8 Å². The first-order valence-corrected chi connectivity index (χ1v) is 6.59. The predicted molar refractivity (Wildman–Crippen MR) is 71.8 cm³/mol. The van der Waals surface area contributed by atoms with E-state index in [0.29, 0.717) is 10.9 Å². The zero-order chi connectivity index (χ0) is 13.0. The molecule has 0 aliphatic carbocycles. The van der Waals surface area contributed by atoms with Crippen LogP contribution in [0.15, 0.2) is 6.20 Å². The number of hydrogen-bond donors (Lipinski definition) is 2. The van der Waals surface area contributed by atoms with Gasteiger partial charge in [0.1, 0.15) is 0 Å². The highest BCUT2D eigenvalue weighted by Gasteiger charge is 2.25. The molecule has 0 amide bonds. The molecule has 98 valence electrons. The normalized spacial score (nSPS) is 15.2. The summed E-state index contributed by atoms with van der Waals surface area (Å²) in [6.07, 6.45) is 3.93. The van der Waals surface area contributed by atoms with E-state index in [4.69, 9.17) is 17.4 Å². The molecule has 2 unspecified atom stereocenters. The standard InChI is InChI=1S/C12H23ClN4/c1-5-6-9(4)11(16-14)12-10(13)7-15-17(12)8(2)3/h7-9,11,16H,5-6,14H2,1-4H3. The number of halogens is 1. The molecule has 0 aromatic carbocycles. The van der Waals surface area contributed by atoms with Gasteiger partial charge in [-0.1, -0.05) is 31.9 Å². The van der Waals surface area contributed by atoms with Gasteiger partial charge in [0.15, 0.2) is 0 Å². The Hall–Kier alpha value is -0.580. The van der Waals surface area contributed by atoms with E-state index >= 15 is 0 Å². The minimum atomic E-state index is 0.0485. The molecule has 17 heavy (non-hydrogen) atoms. The molecule has 0 fully saturated rings. The van der Waals surface area contributed by atoms with Gasteiger partial charge in [0.05, 0.1) is 23.0 Å². The summed E-state index contributed by atoms with van der Waals surface area (Å²) in [6, 6.07) is 0.328. The van der Waals surface area contributed by atoms with E-state index < -0.39 is 0 Å². The van der Waals surface area contributed by atoms with Crippen molar-refractivity contribution in [3.63, 3.8) is 0 Å². The Morgan fingerprint density at radius 2 is 2.12 bits per heavy atom. The summed E-state index contributed by atoms with van der Waals surface area (Å²) in [5.74, 6) is 6.11. The second-order valence-corrected chi connectivity index (χ2v) is 5.23. The van der Waals surface area contributed by atoms with Crippen LogP contribution in [0.1, 0.15) is 58.3 Å². The van der Waals surface area contributed by atoms with Crippen molar-refractivity contribution in [3.8, 4) is 0 Å². The van der Waals surface area contributed by atoms with Crippen LogP contribution in [-0.4, -0.2) is 9.78 Å². The van der Waals surface area contributed by atoms with Crippen molar-refractivity contribution >= 4 is 11.6 Å². The molecule has 3 N–H and O–H groups in total. The van der Waals surface area contributed by atoms with Gasteiger partial charge in [-0.2, -0.15) is 5.10 Å². The van der Waals surface area contributed by atoms with Crippen molar-refractivity contribution in [1.82, 2.24) is 15.2 Å². The van der Waals surface area contributed by atoms with E-state index in [1.54, 1.807) is 6.20 Å². The molecule has 0 spiro atoms. The molecular formula is C12H23ClN4. The molecule has 0 aliphatic heterocycles. The van der Waals surface area contributed by atoms with Gasteiger partial charge in [0.25, 0.3) is 0 Å². The molecule has 0 aliphatic rings. The number of hydrazine groups is 1. The maximum Gasteiger partial charge on any atom is 0.0834 e. The Morgan fingerprint density at radius 1 is 1.47 bits per heavy atom. The van der Waals surface area contributed by atoms with E-state index in [9.17, 15) is 0 Å². The lowest BCUT2D eigenvalue weighted by molar-refractivity contribution is 0.338. The third kappa shape index (κ3) is 3.21. The van der Waals surface area contributed by atoms with Crippen molar-refractivity contribution in [1.29, 1.82) is 0 Å². The molecule has 0 bridgehead atoms. The Labute approximate surface area is 108 Å². The Kier molecular flexibility index (Phi) is 5.43. The van der Waals surface area contributed by atoms with E-state index in [0.717, 1.165) is 18.5 Å². The van der Waals surface area contributed by atoms with Gasteiger partial charge >= 0.3 is 0 Å². The molecule has 4 nitrogen and oxygen atoms in total. The summed E-state index contributed by atoms with van der Waals surface area (Å²) < 4.78 is 1.94. The van der Waals surface area contributed by atoms with Crippen LogP contribution in [0, 0.1) is 5.92 Å². The maximum absolute atomic E-state index is 6.23. The highest BCUT2D eigenvalue weighted by atomic mass is 35.5. The molecule has 0 radical (unpaired) electrons. The second kappa shape index (κ2) is 6.38. The lowest BCUT2D eigenvalue weighted by Crippen LogP contribution is -2.34. The average molecular weight is 259 g/mol. The monoisotopic (exact) mass is 258 g/mol. The van der Waals surface area contributed by atoms with Gasteiger partial charge in [-0.05, 0) is 26.2 Å². The first-order valence-electron chi connectivity index (χ1n) is 6.21. The van der Waals surface area contributed by atoms with Crippen LogP contribution >= 0.6 is 11.6 Å². The molecule has 0 saturated carbocycles. The fourth-order valence-electron chi connectivity index (χ4n) is 2.19. The van der Waals surface area contributed by atoms with E-state index in [1.807, 2.05) is 4.68 Å². The number of nitrogens with one attached hydrogen (secondary N) is 1. The molecular weight excluding hydrogens is 236 g/mol. The smallest absolute Gasteiger partial charge is 0.0834 e. The SMILES string of the molecule is CCCC(C)C(NN)c1c(Cl)cnn1C(C)C. The Balaban J connectivity index is 3.06. The van der Waals surface area contributed by atoms with Crippen LogP contribution in [0.2, 0.25) is 5.02 Å². The van der Waals surface area contributed by atoms with Crippen LogP contribution < -0.4 is 11.3 Å². The topological polar surface area (TPSA) is 55.9 Å². The number of nitrogens with two attached hydrogens (primary N) is 1. The fraction of sp³-hybridized carbons (Fsp3) is 0.750. The Bertz CT molecular complexity index is 348. The van der Waals surface area contributed by atoms with Crippen molar-refractivity contribution in [2.45, 2.75) is 52.6 Å². The number of hydrogen-bond acceptors (Lipinski definition) is 3. The minimum Gasteiger partial charge on any atom is -0.271 e. The van der Waals surface area contributed by atoms with Crippen molar-refractivity contribution in [2.75, 3.05) is 0 Å². The summed E-state index contributed by atoms with van der Waals surface area (Å²) in [6.45, 7) is 8.53. The van der Waals surface area contributed by atoms with Crippen molar-refractivity contribution in [3.05, 3.63) is 16.9 Å². The van der Waals surface area contributed by atoms with Gasteiger partial charge < -0.3 is 0 Å². The number of aromatic nitrogens is 2. The summed E-state index contributed by atoms with van der Waals surface area (Å²) in [5, 5.41) is 5.00. The zero-order valence-electron chi connectivity index (χ0n) is 11.1. The molecule has 1 heterocycles. The molecule has 5 heteroatoms. The highest BCUT2D eigenvalue weighted by Crippen LogP contribution is 2.31. The van der Waals surface area contributed by atoms with Crippen LogP contribution in [0.4, 0.5) is 0 Å². The maximum atomic E-state index is 6.23. The van der Waals surface area contributed by atoms with Gasteiger partial charge in [-0.25, -0.2) is 0 Å². The van der Waals surface area contributed by atoms with E-state index in [-0.39, 0.29) is 12.1 Å². The molecule has 0 saturated heterocycles. The van der Waals surface area contributed by atoms with E-state index in [1.165, 1.54) is 0 Å². The van der Waals surface area contributed by atoms with Gasteiger partial charge in [-0.3, -0.25) is 16.0 Å². The minimum absolute atomic E-state index is 0.0485. The third-order valence-electron chi connectivity index (χ3n) is 3.06. The van der Waals surface area contributed by atoms with Crippen LogP contribution in [-0.2, 0) is 0 Å². The zero-order valence-corrected chi connectivity index (χ0v) is 11.8. The fourth-order valence-corrected chi connectivity index (χ4v) is 2.44. The Morgan fingerprint density at radius 3 is 2.59 bits per heavy atom. The average Bonchev–Trinajstić information content (AvgIpc) is 2.63. The molecule has 1 aromatic rings. The summed E-state index contributed by atoms with van der Waals surface area (Å²) in [5.41, 5.74) is 3.87. The first kappa shape index (κ1) is 14.5. The number of nitrogens with zero attached hydrogens (tertiary/aromatic N) is 2. The van der Waals surface area contributed by atoms with E-state index in [2.05, 4.69) is 38.2 Å². The number of rotatable bonds is 6. The highest BCUT2D eigenvalue weighted by molar-refractivity contribution is 6.31. The second-order valence-electron chi connectivity index (χ2n) is 4.83. The largest absolute Gasteiger partial charge is 0.271 e. The predicted octanol–water partition coefficient (Wildman–Crippen LogP) is 3.06. The lowest BCUT2D eigenvalue weighted by atomic mass is 9.94. The van der Waals surface area contributed by atoms with Crippen molar-refractivity contribution < 1.29 is 0 Å². The quantitative estimate of drug-likeness (QED) is 0.609. The molecule has 1 aromatic heterocycles. The van der Waals surface area contributed by atoms with Crippen LogP contribution in [0.5, 0.6) is 0 Å². The van der Waals surface area contributed by atoms with Gasteiger partial charge in [-0.15, -0.1) is 0 Å². The van der Waals surface area contributed by atoms with Gasteiger partial charge in [0, 0.05) is 6.04 Å².